The van der Waals surface area contributed by atoms with Crippen LogP contribution in [0.1, 0.15) is 127 Å². The number of esters is 1. The number of benzene rings is 1. The zero-order valence-corrected chi connectivity index (χ0v) is 44.5. The number of aryl methyl sites for hydroxylation is 2. The molecular weight excluding hydrogens is 968 g/mol. The van der Waals surface area contributed by atoms with E-state index in [2.05, 4.69) is 10.6 Å². The lowest BCUT2D eigenvalue weighted by Gasteiger charge is -2.38. The number of fused-ring (bicyclic) bond motifs is 15. The van der Waals surface area contributed by atoms with Gasteiger partial charge in [-0.2, -0.15) is 0 Å². The van der Waals surface area contributed by atoms with Gasteiger partial charge in [0.15, 0.2) is 11.6 Å². The predicted octanol–water partition coefficient (Wildman–Crippen LogP) is 6.36. The number of hydrogen-bond donors (Lipinski definition) is 5. The molecule has 2 fully saturated rings. The molecule has 17 nitrogen and oxygen atoms in total. The molecule has 402 valence electrons. The van der Waals surface area contributed by atoms with Gasteiger partial charge in [-0.05, 0) is 82.1 Å². The number of Topliss-reactive ketones (excluding diaryl/α,β-unsaturated/α-hetero) is 3. The van der Waals surface area contributed by atoms with E-state index < -0.39 is 111 Å². The van der Waals surface area contributed by atoms with Gasteiger partial charge in [-0.25, -0.2) is 4.39 Å². The Morgan fingerprint density at radius 3 is 2.31 bits per heavy atom. The molecule has 10 atom stereocenters. The number of methoxy groups -OCH3 is 1. The minimum Gasteiger partial charge on any atom is -0.507 e. The average molecular weight is 1040 g/mol. The summed E-state index contributed by atoms with van der Waals surface area (Å²) in [5.41, 5.74) is 1.41. The van der Waals surface area contributed by atoms with Gasteiger partial charge in [0.25, 0.3) is 17.2 Å². The van der Waals surface area contributed by atoms with E-state index in [9.17, 15) is 39.3 Å². The number of aromatic nitrogens is 1. The number of anilines is 1. The summed E-state index contributed by atoms with van der Waals surface area (Å²) in [4.78, 5) is 86.2. The van der Waals surface area contributed by atoms with E-state index in [1.54, 1.807) is 46.8 Å². The Morgan fingerprint density at radius 2 is 1.64 bits per heavy atom. The summed E-state index contributed by atoms with van der Waals surface area (Å²) in [7, 11) is 1.42. The van der Waals surface area contributed by atoms with Crippen molar-refractivity contribution in [3.05, 3.63) is 115 Å². The second-order valence-electron chi connectivity index (χ2n) is 21.4. The standard InChI is InChI=1S/C57H69FN4O13/c1-26-13-12-14-27(2)55(70)60-44-38(23-59-22-35-17-19-61(24-35)46-30(5)45-37(36-15-16-36)21-28(3)56(71)62(45)25-39(46)58)50(67)41-42(51(44)68)49(66)33(8)53-43(41)54(69)57(10,75-53)73-20-18-40(72-11)29(4)52(74-34(9)63)32(7)48(65)31(6)47(26)64/h12-14,18,20-21,25-26,29,31-32,35-36,40,47-48,52,59,64-66H,15-17,19,22-24H2,1-11H3,(H,60,70)/b13-12+,20-18+,27-14-/t26-,29+,31+,32+,35+,40-,47-,48+,52+,57-/m0/s1. The quantitative estimate of drug-likeness (QED) is 0.155. The summed E-state index contributed by atoms with van der Waals surface area (Å²) in [5.74, 6) is -9.85. The van der Waals surface area contributed by atoms with Crippen LogP contribution in [-0.4, -0.2) is 112 Å². The fraction of sp³-hybridized carbons (Fsp3) is 0.509. The van der Waals surface area contributed by atoms with E-state index in [1.807, 2.05) is 17.9 Å². The van der Waals surface area contributed by atoms with Gasteiger partial charge in [0.2, 0.25) is 5.78 Å². The number of amides is 1. The minimum atomic E-state index is -2.14. The summed E-state index contributed by atoms with van der Waals surface area (Å²) in [5, 5.41) is 40.7. The van der Waals surface area contributed by atoms with Gasteiger partial charge >= 0.3 is 11.8 Å². The van der Waals surface area contributed by atoms with E-state index in [0.29, 0.717) is 48.8 Å². The molecular formula is C57H69FN4O13. The average Bonchev–Trinajstić information content (AvgIpc) is 4.07. The number of halogens is 1. The number of rotatable bonds is 8. The highest BCUT2D eigenvalue weighted by Gasteiger charge is 2.53. The summed E-state index contributed by atoms with van der Waals surface area (Å²) in [6.45, 7) is 16.8. The Labute approximate surface area is 435 Å². The van der Waals surface area contributed by atoms with Crippen LogP contribution < -0.4 is 25.8 Å². The number of carbonyl (C=O) groups is 5. The molecule has 75 heavy (non-hydrogen) atoms. The molecule has 3 aromatic rings. The number of ether oxygens (including phenoxy) is 4. The van der Waals surface area contributed by atoms with Gasteiger partial charge in [0.05, 0.1) is 64.4 Å². The van der Waals surface area contributed by atoms with Gasteiger partial charge in [-0.1, -0.05) is 45.9 Å². The summed E-state index contributed by atoms with van der Waals surface area (Å²) < 4.78 is 41.3. The zero-order chi connectivity index (χ0) is 54.7. The molecule has 5 N–H and O–H groups in total. The number of nitrogens with zero attached hydrogens (tertiary/aromatic N) is 2. The highest BCUT2D eigenvalue weighted by molar-refractivity contribution is 6.32. The van der Waals surface area contributed by atoms with Gasteiger partial charge in [-0.3, -0.25) is 33.2 Å². The van der Waals surface area contributed by atoms with Crippen LogP contribution >= 0.6 is 0 Å². The first-order chi connectivity index (χ1) is 35.4. The van der Waals surface area contributed by atoms with Crippen LogP contribution in [-0.2, 0) is 23.8 Å². The summed E-state index contributed by atoms with van der Waals surface area (Å²) >= 11 is 0. The van der Waals surface area contributed by atoms with Gasteiger partial charge < -0.3 is 49.8 Å². The van der Waals surface area contributed by atoms with Crippen molar-refractivity contribution >= 4 is 40.4 Å². The number of ketones is 3. The number of pyridine rings is 2. The van der Waals surface area contributed by atoms with Crippen LogP contribution in [0, 0.1) is 56.2 Å². The maximum atomic E-state index is 16.1. The number of phenolic OH excluding ortho intramolecular Hbond substituents is 1. The molecule has 1 saturated carbocycles. The Balaban J connectivity index is 1.13. The first-order valence-electron chi connectivity index (χ1n) is 25.8. The SMILES string of the molecule is CO[C@H]1/C=C/O[C@@]2(C)Oc3c(C)c(O)c4c(c3C2=O)C(=O)C(CNC[C@H]2CCN(c3c(F)cn5c(=O)c(C)cc(C6CC6)c5c3C)C2)=C(NC(=O)/C(C)=C\C=C\[C@H](C)[C@H](O)[C@@H](C)[C@@H](O)[C@@H](C)[C@H](OC(C)=O)[C@@H]1C)C4=O. The normalized spacial score (nSPS) is 30.2. The predicted molar refractivity (Wildman–Crippen MR) is 276 cm³/mol. The first kappa shape index (κ1) is 54.8. The topological polar surface area (TPSA) is 232 Å². The van der Waals surface area contributed by atoms with Crippen LogP contribution in [0.5, 0.6) is 11.5 Å². The van der Waals surface area contributed by atoms with Crippen LogP contribution in [0.3, 0.4) is 0 Å². The van der Waals surface area contributed by atoms with Crippen molar-refractivity contribution < 1.29 is 62.6 Å². The van der Waals surface area contributed by atoms with E-state index in [0.717, 1.165) is 23.9 Å². The maximum Gasteiger partial charge on any atom is 0.312 e. The molecule has 2 aromatic heterocycles. The van der Waals surface area contributed by atoms with E-state index in [1.165, 1.54) is 63.8 Å². The van der Waals surface area contributed by atoms with Crippen molar-refractivity contribution in [1.29, 1.82) is 0 Å². The van der Waals surface area contributed by atoms with E-state index in [4.69, 9.17) is 18.9 Å². The first-order valence-corrected chi connectivity index (χ1v) is 25.8. The largest absolute Gasteiger partial charge is 0.507 e. The van der Waals surface area contributed by atoms with Crippen LogP contribution in [0.15, 0.2) is 64.5 Å². The van der Waals surface area contributed by atoms with Crippen molar-refractivity contribution in [2.24, 2.45) is 29.6 Å². The number of hydrogen-bond acceptors (Lipinski definition) is 15. The van der Waals surface area contributed by atoms with E-state index in [-0.39, 0.29) is 46.0 Å². The van der Waals surface area contributed by atoms with E-state index >= 15 is 9.18 Å². The highest BCUT2D eigenvalue weighted by Crippen LogP contribution is 2.49. The van der Waals surface area contributed by atoms with Gasteiger partial charge in [0.1, 0.15) is 17.6 Å². The van der Waals surface area contributed by atoms with Crippen molar-refractivity contribution in [2.45, 2.75) is 125 Å². The van der Waals surface area contributed by atoms with Crippen molar-refractivity contribution in [3.63, 3.8) is 0 Å². The molecule has 9 rings (SSSR count). The van der Waals surface area contributed by atoms with Crippen molar-refractivity contribution in [1.82, 2.24) is 15.0 Å². The molecule has 1 aromatic carbocycles. The Bertz CT molecular complexity index is 3060. The second kappa shape index (κ2) is 21.3. The fourth-order valence-corrected chi connectivity index (χ4v) is 11.4. The molecule has 0 radical (unpaired) electrons. The maximum absolute atomic E-state index is 16.1. The molecule has 2 aliphatic carbocycles. The lowest BCUT2D eigenvalue weighted by Crippen LogP contribution is -2.46. The second-order valence-corrected chi connectivity index (χ2v) is 21.4. The zero-order valence-electron chi connectivity index (χ0n) is 44.5. The Morgan fingerprint density at radius 1 is 0.933 bits per heavy atom. The van der Waals surface area contributed by atoms with Crippen molar-refractivity contribution in [2.75, 3.05) is 38.2 Å². The molecule has 4 aliphatic heterocycles. The lowest BCUT2D eigenvalue weighted by molar-refractivity contribution is -0.160. The number of aromatic hydroxyl groups is 1. The van der Waals surface area contributed by atoms with Crippen LogP contribution in [0.25, 0.3) is 5.52 Å². The van der Waals surface area contributed by atoms with Crippen molar-refractivity contribution in [3.8, 4) is 11.5 Å². The Kier molecular flexibility index (Phi) is 15.5. The number of carbonyl (C=O) groups excluding carboxylic acids is 5. The number of phenols is 1. The Hall–Kier alpha value is -6.47. The third-order valence-electron chi connectivity index (χ3n) is 16.0. The fourth-order valence-electron chi connectivity index (χ4n) is 11.4. The molecule has 0 unspecified atom stereocenters. The van der Waals surface area contributed by atoms with Gasteiger partial charge in [-0.15, -0.1) is 0 Å². The number of aliphatic hydroxyl groups is 2. The molecule has 1 saturated heterocycles. The summed E-state index contributed by atoms with van der Waals surface area (Å²) in [6.07, 6.45) is 7.15. The molecule has 5 bridgehead atoms. The molecule has 18 heteroatoms. The number of aliphatic hydroxyl groups excluding tert-OH is 2. The highest BCUT2D eigenvalue weighted by atomic mass is 19.1. The van der Waals surface area contributed by atoms with Gasteiger partial charge in [0, 0.05) is 93.1 Å². The summed E-state index contributed by atoms with van der Waals surface area (Å²) in [6, 6.07) is 1.93. The molecule has 0 spiro atoms. The van der Waals surface area contributed by atoms with Crippen LogP contribution in [0.4, 0.5) is 10.1 Å². The lowest BCUT2D eigenvalue weighted by atomic mass is 9.78. The minimum absolute atomic E-state index is 0.0333. The third kappa shape index (κ3) is 10.1. The number of nitrogens with one attached hydrogen (secondary N) is 2. The van der Waals surface area contributed by atoms with Crippen LogP contribution in [0.2, 0.25) is 0 Å². The molecule has 1 amide bonds. The molecule has 6 heterocycles. The monoisotopic (exact) mass is 1040 g/mol. The number of allylic oxidation sites excluding steroid dienone is 3. The molecule has 6 aliphatic rings. The third-order valence-corrected chi connectivity index (χ3v) is 16.0. The smallest absolute Gasteiger partial charge is 0.312 e.